The van der Waals surface area contributed by atoms with Crippen LogP contribution in [0.2, 0.25) is 0 Å². The second-order valence-electron chi connectivity index (χ2n) is 13.7. The van der Waals surface area contributed by atoms with Crippen molar-refractivity contribution in [2.45, 2.75) is 77.4 Å². The van der Waals surface area contributed by atoms with Crippen molar-refractivity contribution in [1.82, 2.24) is 0 Å². The van der Waals surface area contributed by atoms with E-state index in [0.29, 0.717) is 13.1 Å². The number of rotatable bonds is 33. The van der Waals surface area contributed by atoms with Crippen molar-refractivity contribution in [3.63, 3.8) is 0 Å². The second-order valence-corrected chi connectivity index (χ2v) is 19.7. The minimum atomic E-state index is -0.840. The van der Waals surface area contributed by atoms with E-state index in [-0.39, 0.29) is 47.5 Å². The molecule has 0 aromatic carbocycles. The quantitative estimate of drug-likeness (QED) is 0.0379. The van der Waals surface area contributed by atoms with Gasteiger partial charge in [-0.2, -0.15) is 0 Å². The number of ether oxygens (including phenoxy) is 8. The summed E-state index contributed by atoms with van der Waals surface area (Å²) < 4.78 is 40.8. The van der Waals surface area contributed by atoms with Crippen LogP contribution in [0.15, 0.2) is 33.7 Å². The summed E-state index contributed by atoms with van der Waals surface area (Å²) in [5.41, 5.74) is -1.68. The Balaban J connectivity index is -0.000000358. The molecule has 55 heavy (non-hydrogen) atoms. The van der Waals surface area contributed by atoms with Crippen molar-refractivity contribution in [3.8, 4) is 0 Å². The maximum absolute atomic E-state index is 11.7. The zero-order chi connectivity index (χ0) is 41.4. The van der Waals surface area contributed by atoms with Gasteiger partial charge in [0.2, 0.25) is 0 Å². The molecule has 0 atom stereocenters. The van der Waals surface area contributed by atoms with Gasteiger partial charge >= 0.3 is 0 Å². The smallest absolute Gasteiger partial charge is 0.0733 e. The van der Waals surface area contributed by atoms with Crippen LogP contribution in [0, 0.1) is 0 Å². The van der Waals surface area contributed by atoms with Crippen molar-refractivity contribution in [2.75, 3.05) is 147 Å². The van der Waals surface area contributed by atoms with Gasteiger partial charge in [0, 0.05) is 183 Å². The van der Waals surface area contributed by atoms with Gasteiger partial charge in [-0.05, 0) is 27.7 Å². The van der Waals surface area contributed by atoms with Crippen LogP contribution in [0.1, 0.15) is 66.2 Å². The number of aliphatic imine (C=N–C) groups is 2. The van der Waals surface area contributed by atoms with E-state index in [1.54, 1.807) is 70.4 Å². The van der Waals surface area contributed by atoms with Crippen LogP contribution in [0.4, 0.5) is 0 Å². The first-order valence-electron chi connectivity index (χ1n) is 19.3. The Morgan fingerprint density at radius 3 is 0.855 bits per heavy atom. The third-order valence-electron chi connectivity index (χ3n) is 8.50. The normalized spacial score (nSPS) is 12.6. The van der Waals surface area contributed by atoms with E-state index in [9.17, 15) is 10.2 Å². The first-order chi connectivity index (χ1) is 25.9. The molecule has 0 heterocycles. The number of nitrogens with zero attached hydrogens (tertiary/aromatic N) is 2. The molecular weight excluding hydrogens is 829 g/mol. The molecule has 12 nitrogen and oxygen atoms in total. The van der Waals surface area contributed by atoms with Crippen molar-refractivity contribution in [2.24, 2.45) is 9.98 Å². The van der Waals surface area contributed by atoms with Crippen LogP contribution >= 0.6 is 15.8 Å². The van der Waals surface area contributed by atoms with E-state index in [1.165, 1.54) is 114 Å². The van der Waals surface area contributed by atoms with Gasteiger partial charge in [-0.1, -0.05) is 23.7 Å². The number of methoxy groups -OCH3 is 8. The van der Waals surface area contributed by atoms with E-state index >= 15 is 0 Å². The zero-order valence-corrected chi connectivity index (χ0v) is 40.7. The molecule has 0 aliphatic carbocycles. The molecule has 0 aromatic heterocycles. The Morgan fingerprint density at radius 2 is 0.673 bits per heavy atom. The number of hydrogen-bond acceptors (Lipinski definition) is 12. The third-order valence-corrected chi connectivity index (χ3v) is 14.9. The predicted octanol–water partition coefficient (Wildman–Crippen LogP) is 5.08. The molecule has 0 rings (SSSR count). The predicted molar refractivity (Wildman–Crippen MR) is 230 cm³/mol. The van der Waals surface area contributed by atoms with Crippen molar-refractivity contribution >= 4 is 28.3 Å². The molecule has 0 saturated heterocycles. The van der Waals surface area contributed by atoms with Gasteiger partial charge in [-0.3, -0.25) is 9.98 Å². The van der Waals surface area contributed by atoms with Crippen molar-refractivity contribution < 1.29 is 68.2 Å². The molecule has 1 radical (unpaired) electrons. The van der Waals surface area contributed by atoms with E-state index in [4.69, 9.17) is 37.9 Å². The molecule has 0 aromatic rings. The Kier molecular flexibility index (Phi) is 49.8. The van der Waals surface area contributed by atoms with Crippen molar-refractivity contribution in [1.29, 1.82) is 0 Å². The topological polar surface area (TPSA) is 145 Å². The molecule has 0 N–H and O–H groups in total. The standard InChI is InChI=1S/C16H28N2O4.2C12H27O3P.Tc/c1-15(2,21-5)13(19)7-9-17-11-12-18-10-8-14(20)16(3,4)22-6;2*1-13-7-4-10-16(11-5-8-14-2)12-6-9-15-3;/h7-10,19-20H,11-12H2,1-6H3;2*4-12H2,1-3H3;/b13-7-,14-8-,17-9?,18-10?;;;/i;;;1+1. The van der Waals surface area contributed by atoms with Crippen LogP contribution in [0.5, 0.6) is 0 Å². The molecule has 0 aliphatic heterocycles. The van der Waals surface area contributed by atoms with Crippen LogP contribution in [0.25, 0.3) is 0 Å². The molecule has 0 amide bonds. The Morgan fingerprint density at radius 1 is 0.455 bits per heavy atom. The van der Waals surface area contributed by atoms with Gasteiger partial charge in [0.1, 0.15) is 0 Å². The Labute approximate surface area is 352 Å². The molecule has 329 valence electrons. The maximum atomic E-state index is 11.7. The summed E-state index contributed by atoms with van der Waals surface area (Å²) in [6.45, 7) is 13.1. The summed E-state index contributed by atoms with van der Waals surface area (Å²) in [7, 11) is 13.2. The molecule has 0 fully saturated rings. The summed E-state index contributed by atoms with van der Waals surface area (Å²) in [4.78, 5) is 8.09. The molecule has 0 unspecified atom stereocenters. The molecular formula is C40H82N2O10P2Tc. The maximum Gasteiger partial charge on any atom is 0.0733 e. The second kappa shape index (κ2) is 44.7. The Hall–Kier alpha value is -0.391. The molecule has 0 saturated carbocycles. The van der Waals surface area contributed by atoms with Gasteiger partial charge in [0.15, 0.2) is 0 Å². The first kappa shape index (κ1) is 61.3. The fourth-order valence-electron chi connectivity index (χ4n) is 4.66. The fraction of sp³-hybridized carbons (Fsp3) is 0.850. The molecule has 0 aliphatic rings. The molecule has 15 heteroatoms. The van der Waals surface area contributed by atoms with Crippen LogP contribution in [-0.2, 0) is 58.0 Å². The van der Waals surface area contributed by atoms with E-state index in [0.717, 1.165) is 39.6 Å². The average molecular weight is 912 g/mol. The third kappa shape index (κ3) is 41.6. The van der Waals surface area contributed by atoms with Gasteiger partial charge in [0.05, 0.1) is 61.3 Å². The van der Waals surface area contributed by atoms with E-state index in [2.05, 4.69) is 9.98 Å². The van der Waals surface area contributed by atoms with Crippen LogP contribution < -0.4 is 10.2 Å². The number of hydrogen-bond donors (Lipinski definition) is 0. The SMILES string of the molecule is COC(C)(C)/C([O-])=C/C=NCCN=C/C=C(\[O-])C(C)(C)OC.COCCC[PH+](CCCOC)CCCOC.COCCC[PH+](CCCOC)CCCOC.[99Tc]. The summed E-state index contributed by atoms with van der Waals surface area (Å²) in [5.74, 6) is -0.300. The summed E-state index contributed by atoms with van der Waals surface area (Å²) in [6.07, 6.45) is 21.1. The van der Waals surface area contributed by atoms with Gasteiger partial charge in [-0.15, -0.1) is 0 Å². The van der Waals surface area contributed by atoms with Gasteiger partial charge in [0.25, 0.3) is 0 Å². The number of allylic oxidation sites excluding steroid dienone is 2. The first-order valence-corrected chi connectivity index (χ1v) is 23.6. The largest absolute Gasteiger partial charge is 0.873 e. The van der Waals surface area contributed by atoms with Crippen LogP contribution in [-0.4, -0.2) is 170 Å². The fourth-order valence-corrected chi connectivity index (χ4v) is 10.0. The molecule has 0 spiro atoms. The van der Waals surface area contributed by atoms with E-state index < -0.39 is 11.2 Å². The summed E-state index contributed by atoms with van der Waals surface area (Å²) in [6, 6.07) is 0. The summed E-state index contributed by atoms with van der Waals surface area (Å²) in [5, 5.41) is 23.3. The van der Waals surface area contributed by atoms with E-state index in [1.807, 2.05) is 0 Å². The average Bonchev–Trinajstić information content (AvgIpc) is 3.16. The minimum absolute atomic E-state index is 0. The van der Waals surface area contributed by atoms with Gasteiger partial charge < -0.3 is 48.1 Å². The monoisotopic (exact) mass is 911 g/mol. The summed E-state index contributed by atoms with van der Waals surface area (Å²) >= 11 is 0. The Bertz CT molecular complexity index is 809. The minimum Gasteiger partial charge on any atom is -0.873 e. The van der Waals surface area contributed by atoms with Crippen molar-refractivity contribution in [3.05, 3.63) is 23.7 Å². The molecule has 0 bridgehead atoms. The van der Waals surface area contributed by atoms with Gasteiger partial charge in [-0.25, -0.2) is 0 Å². The zero-order valence-electron chi connectivity index (χ0n) is 36.8. The van der Waals surface area contributed by atoms with Crippen LogP contribution in [0.3, 0.4) is 0 Å².